The molecule has 4 atom stereocenters. The summed E-state index contributed by atoms with van der Waals surface area (Å²) in [7, 11) is 0. The first-order valence-electron chi connectivity index (χ1n) is 5.87. The standard InChI is InChI=1S/C14H14O3/c15-11-5-3-8(4-6-11)12-9-1-2-10(7-9)13(12)14(16)17/h1-6,9-10,12-13,15H,7H2,(H,16,17). The second kappa shape index (κ2) is 3.62. The third kappa shape index (κ3) is 1.54. The van der Waals surface area contributed by atoms with Crippen LogP contribution in [0.3, 0.4) is 0 Å². The Balaban J connectivity index is 1.99. The number of carboxylic acids is 1. The molecular formula is C14H14O3. The maximum atomic E-state index is 11.4. The van der Waals surface area contributed by atoms with E-state index in [0.29, 0.717) is 5.92 Å². The first kappa shape index (κ1) is 10.4. The Labute approximate surface area is 99.4 Å². The van der Waals surface area contributed by atoms with E-state index in [-0.39, 0.29) is 23.5 Å². The summed E-state index contributed by atoms with van der Waals surface area (Å²) in [6, 6.07) is 6.93. The highest BCUT2D eigenvalue weighted by Crippen LogP contribution is 2.53. The van der Waals surface area contributed by atoms with E-state index in [0.717, 1.165) is 12.0 Å². The highest BCUT2D eigenvalue weighted by atomic mass is 16.4. The molecule has 2 aliphatic rings. The van der Waals surface area contributed by atoms with Crippen LogP contribution < -0.4 is 0 Å². The molecule has 0 heterocycles. The minimum Gasteiger partial charge on any atom is -0.508 e. The molecule has 2 aliphatic carbocycles. The average molecular weight is 230 g/mol. The van der Waals surface area contributed by atoms with Crippen molar-refractivity contribution in [3.8, 4) is 5.75 Å². The van der Waals surface area contributed by atoms with Crippen LogP contribution in [0.2, 0.25) is 0 Å². The van der Waals surface area contributed by atoms with E-state index in [1.807, 2.05) is 18.2 Å². The first-order chi connectivity index (χ1) is 8.16. The molecule has 1 fully saturated rings. The second-order valence-electron chi connectivity index (χ2n) is 4.93. The van der Waals surface area contributed by atoms with Gasteiger partial charge in [0.25, 0.3) is 0 Å². The van der Waals surface area contributed by atoms with Crippen molar-refractivity contribution in [1.29, 1.82) is 0 Å². The zero-order valence-electron chi connectivity index (χ0n) is 9.28. The number of hydrogen-bond acceptors (Lipinski definition) is 2. The van der Waals surface area contributed by atoms with Crippen molar-refractivity contribution >= 4 is 5.97 Å². The van der Waals surface area contributed by atoms with Crippen molar-refractivity contribution in [2.45, 2.75) is 12.3 Å². The third-order valence-electron chi connectivity index (χ3n) is 4.02. The Morgan fingerprint density at radius 1 is 1.12 bits per heavy atom. The molecule has 1 aromatic carbocycles. The van der Waals surface area contributed by atoms with Crippen molar-refractivity contribution in [1.82, 2.24) is 0 Å². The minimum atomic E-state index is -0.708. The summed E-state index contributed by atoms with van der Waals surface area (Å²) in [5, 5.41) is 18.6. The molecule has 0 aliphatic heterocycles. The van der Waals surface area contributed by atoms with Crippen LogP contribution in [0, 0.1) is 17.8 Å². The Hall–Kier alpha value is -1.77. The van der Waals surface area contributed by atoms with E-state index in [2.05, 4.69) is 6.08 Å². The quantitative estimate of drug-likeness (QED) is 0.767. The molecule has 0 saturated heterocycles. The summed E-state index contributed by atoms with van der Waals surface area (Å²) in [4.78, 5) is 11.4. The van der Waals surface area contributed by atoms with Gasteiger partial charge in [-0.15, -0.1) is 0 Å². The van der Waals surface area contributed by atoms with Crippen LogP contribution in [0.5, 0.6) is 5.75 Å². The van der Waals surface area contributed by atoms with Gasteiger partial charge in [-0.25, -0.2) is 0 Å². The van der Waals surface area contributed by atoms with Gasteiger partial charge >= 0.3 is 5.97 Å². The summed E-state index contributed by atoms with van der Waals surface area (Å²) in [5.74, 6) is -0.223. The van der Waals surface area contributed by atoms with Crippen LogP contribution in [0.4, 0.5) is 0 Å². The monoisotopic (exact) mass is 230 g/mol. The lowest BCUT2D eigenvalue weighted by molar-refractivity contribution is -0.143. The van der Waals surface area contributed by atoms with Gasteiger partial charge in [-0.05, 0) is 36.0 Å². The van der Waals surface area contributed by atoms with Crippen LogP contribution >= 0.6 is 0 Å². The number of allylic oxidation sites excluding steroid dienone is 2. The molecule has 3 heteroatoms. The zero-order valence-corrected chi connectivity index (χ0v) is 9.28. The lowest BCUT2D eigenvalue weighted by atomic mass is 9.78. The smallest absolute Gasteiger partial charge is 0.307 e. The molecule has 17 heavy (non-hydrogen) atoms. The molecular weight excluding hydrogens is 216 g/mol. The molecule has 4 unspecified atom stereocenters. The second-order valence-corrected chi connectivity index (χ2v) is 4.93. The van der Waals surface area contributed by atoms with Gasteiger partial charge in [0.15, 0.2) is 0 Å². The minimum absolute atomic E-state index is 0.0584. The van der Waals surface area contributed by atoms with Crippen molar-refractivity contribution in [3.63, 3.8) is 0 Å². The number of fused-ring (bicyclic) bond motifs is 2. The topological polar surface area (TPSA) is 57.5 Å². The largest absolute Gasteiger partial charge is 0.508 e. The van der Waals surface area contributed by atoms with Crippen molar-refractivity contribution in [3.05, 3.63) is 42.0 Å². The summed E-state index contributed by atoms with van der Waals surface area (Å²) in [5.41, 5.74) is 1.02. The third-order valence-corrected chi connectivity index (χ3v) is 4.02. The SMILES string of the molecule is O=C(O)C1C2C=CC(C2)C1c1ccc(O)cc1. The predicted octanol–water partition coefficient (Wildman–Crippen LogP) is 2.38. The Bertz CT molecular complexity index is 475. The number of phenolic OH excluding ortho intramolecular Hbond substituents is 1. The molecule has 2 bridgehead atoms. The summed E-state index contributed by atoms with van der Waals surface area (Å²) >= 11 is 0. The fraction of sp³-hybridized carbons (Fsp3) is 0.357. The number of benzene rings is 1. The van der Waals surface area contributed by atoms with Crippen LogP contribution in [-0.2, 0) is 4.79 Å². The fourth-order valence-electron chi connectivity index (χ4n) is 3.31. The molecule has 0 aromatic heterocycles. The number of carbonyl (C=O) groups is 1. The van der Waals surface area contributed by atoms with Gasteiger partial charge < -0.3 is 10.2 Å². The molecule has 0 radical (unpaired) electrons. The van der Waals surface area contributed by atoms with E-state index in [4.69, 9.17) is 0 Å². The van der Waals surface area contributed by atoms with Crippen LogP contribution in [0.15, 0.2) is 36.4 Å². The number of hydrogen-bond donors (Lipinski definition) is 2. The van der Waals surface area contributed by atoms with Gasteiger partial charge in [0, 0.05) is 5.92 Å². The maximum absolute atomic E-state index is 11.4. The zero-order chi connectivity index (χ0) is 12.0. The van der Waals surface area contributed by atoms with Crippen molar-refractivity contribution in [2.24, 2.45) is 17.8 Å². The van der Waals surface area contributed by atoms with Crippen molar-refractivity contribution < 1.29 is 15.0 Å². The van der Waals surface area contributed by atoms with Gasteiger partial charge in [-0.2, -0.15) is 0 Å². The number of carboxylic acid groups (broad SMARTS) is 1. The Kier molecular flexibility index (Phi) is 2.21. The summed E-state index contributed by atoms with van der Waals surface area (Å²) in [6.07, 6.45) is 5.13. The number of aromatic hydroxyl groups is 1. The summed E-state index contributed by atoms with van der Waals surface area (Å²) < 4.78 is 0. The van der Waals surface area contributed by atoms with E-state index in [1.54, 1.807) is 12.1 Å². The van der Waals surface area contributed by atoms with Gasteiger partial charge in [-0.3, -0.25) is 4.79 Å². The Morgan fingerprint density at radius 3 is 2.41 bits per heavy atom. The number of phenols is 1. The molecule has 3 nitrogen and oxygen atoms in total. The molecule has 0 amide bonds. The Morgan fingerprint density at radius 2 is 1.76 bits per heavy atom. The van der Waals surface area contributed by atoms with Gasteiger partial charge in [0.2, 0.25) is 0 Å². The van der Waals surface area contributed by atoms with E-state index < -0.39 is 5.97 Å². The molecule has 88 valence electrons. The number of rotatable bonds is 2. The summed E-state index contributed by atoms with van der Waals surface area (Å²) in [6.45, 7) is 0. The van der Waals surface area contributed by atoms with E-state index in [1.165, 1.54) is 0 Å². The highest BCUT2D eigenvalue weighted by molar-refractivity contribution is 5.73. The van der Waals surface area contributed by atoms with Gasteiger partial charge in [-0.1, -0.05) is 24.3 Å². The van der Waals surface area contributed by atoms with Crippen molar-refractivity contribution in [2.75, 3.05) is 0 Å². The molecule has 3 rings (SSSR count). The first-order valence-corrected chi connectivity index (χ1v) is 5.87. The van der Waals surface area contributed by atoms with Gasteiger partial charge in [0.1, 0.15) is 5.75 Å². The lowest BCUT2D eigenvalue weighted by Gasteiger charge is -2.25. The normalized spacial score (nSPS) is 34.1. The van der Waals surface area contributed by atoms with E-state index in [9.17, 15) is 15.0 Å². The van der Waals surface area contributed by atoms with Crippen LogP contribution in [0.25, 0.3) is 0 Å². The highest BCUT2D eigenvalue weighted by Gasteiger charge is 2.48. The molecule has 2 N–H and O–H groups in total. The molecule has 1 aromatic rings. The fourth-order valence-corrected chi connectivity index (χ4v) is 3.31. The van der Waals surface area contributed by atoms with E-state index >= 15 is 0 Å². The maximum Gasteiger partial charge on any atom is 0.307 e. The lowest BCUT2D eigenvalue weighted by Crippen LogP contribution is -2.25. The van der Waals surface area contributed by atoms with Crippen LogP contribution in [-0.4, -0.2) is 16.2 Å². The average Bonchev–Trinajstić information content (AvgIpc) is 2.89. The molecule has 1 saturated carbocycles. The molecule has 0 spiro atoms. The number of aliphatic carboxylic acids is 1. The van der Waals surface area contributed by atoms with Crippen LogP contribution in [0.1, 0.15) is 17.9 Å². The van der Waals surface area contributed by atoms with Gasteiger partial charge in [0.05, 0.1) is 5.92 Å². The predicted molar refractivity (Wildman–Crippen MR) is 62.7 cm³/mol.